The van der Waals surface area contributed by atoms with Crippen LogP contribution in [0.3, 0.4) is 0 Å². The Bertz CT molecular complexity index is 462. The molecular weight excluding hydrogens is 291 g/mol. The number of rotatable bonds is 3. The molecule has 2 aromatic heterocycles. The van der Waals surface area contributed by atoms with Crippen LogP contribution in [0.1, 0.15) is 10.4 Å². The lowest BCUT2D eigenvalue weighted by Gasteiger charge is -2.03. The van der Waals surface area contributed by atoms with Crippen LogP contribution < -0.4 is 5.32 Å². The van der Waals surface area contributed by atoms with E-state index in [-0.39, 0.29) is 0 Å². The van der Waals surface area contributed by atoms with E-state index in [0.717, 1.165) is 16.0 Å². The summed E-state index contributed by atoms with van der Waals surface area (Å²) in [5.74, 6) is -0.458. The fraction of sp³-hybridized carbons (Fsp3) is 0.182. The third kappa shape index (κ3) is 2.80. The predicted molar refractivity (Wildman–Crippen MR) is 68.3 cm³/mol. The van der Waals surface area contributed by atoms with Crippen LogP contribution in [-0.2, 0) is 6.54 Å². The molecule has 2 aromatic rings. The number of hydrogen-bond acceptors (Lipinski definition) is 3. The van der Waals surface area contributed by atoms with Crippen LogP contribution in [0.15, 0.2) is 28.2 Å². The molecule has 0 aliphatic rings. The standard InChI is InChI=1S/C11H10BrFN2S/c1-7-4-9(16-11(7)12)6-14-8-2-3-10(13)15-5-8/h2-5,14H,6H2,1H3. The molecule has 2 nitrogen and oxygen atoms in total. The Labute approximate surface area is 106 Å². The van der Waals surface area contributed by atoms with Gasteiger partial charge in [-0.2, -0.15) is 4.39 Å². The number of nitrogens with zero attached hydrogens (tertiary/aromatic N) is 1. The molecule has 0 aromatic carbocycles. The molecule has 0 atom stereocenters. The number of hydrogen-bond donors (Lipinski definition) is 1. The zero-order valence-corrected chi connectivity index (χ0v) is 11.0. The second kappa shape index (κ2) is 4.93. The number of aryl methyl sites for hydroxylation is 1. The van der Waals surface area contributed by atoms with Gasteiger partial charge in [0.25, 0.3) is 0 Å². The second-order valence-electron chi connectivity index (χ2n) is 3.39. The maximum atomic E-state index is 12.6. The van der Waals surface area contributed by atoms with E-state index in [4.69, 9.17) is 0 Å². The summed E-state index contributed by atoms with van der Waals surface area (Å²) in [6.07, 6.45) is 1.49. The fourth-order valence-corrected chi connectivity index (χ4v) is 2.85. The smallest absolute Gasteiger partial charge is 0.212 e. The maximum absolute atomic E-state index is 12.6. The molecule has 0 fully saturated rings. The van der Waals surface area contributed by atoms with E-state index in [9.17, 15) is 4.39 Å². The molecule has 84 valence electrons. The Morgan fingerprint density at radius 1 is 1.50 bits per heavy atom. The van der Waals surface area contributed by atoms with E-state index in [1.807, 2.05) is 0 Å². The van der Waals surface area contributed by atoms with E-state index in [0.29, 0.717) is 0 Å². The first-order valence-electron chi connectivity index (χ1n) is 4.75. The average Bonchev–Trinajstić information content (AvgIpc) is 2.58. The van der Waals surface area contributed by atoms with Gasteiger partial charge >= 0.3 is 0 Å². The van der Waals surface area contributed by atoms with Gasteiger partial charge in [-0.15, -0.1) is 11.3 Å². The first-order valence-corrected chi connectivity index (χ1v) is 6.36. The summed E-state index contributed by atoms with van der Waals surface area (Å²) in [7, 11) is 0. The SMILES string of the molecule is Cc1cc(CNc2ccc(F)nc2)sc1Br. The van der Waals surface area contributed by atoms with Crippen LogP contribution in [0.25, 0.3) is 0 Å². The van der Waals surface area contributed by atoms with Crippen LogP contribution in [-0.4, -0.2) is 4.98 Å². The van der Waals surface area contributed by atoms with Gasteiger partial charge in [0.2, 0.25) is 5.95 Å². The van der Waals surface area contributed by atoms with Gasteiger partial charge in [-0.1, -0.05) is 0 Å². The van der Waals surface area contributed by atoms with Crippen molar-refractivity contribution in [3.05, 3.63) is 44.6 Å². The summed E-state index contributed by atoms with van der Waals surface area (Å²) >= 11 is 5.18. The quantitative estimate of drug-likeness (QED) is 0.868. The second-order valence-corrected chi connectivity index (χ2v) is 5.85. The third-order valence-corrected chi connectivity index (χ3v) is 4.24. The van der Waals surface area contributed by atoms with Crippen molar-refractivity contribution >= 4 is 33.0 Å². The van der Waals surface area contributed by atoms with E-state index in [1.165, 1.54) is 22.7 Å². The number of anilines is 1. The zero-order valence-electron chi connectivity index (χ0n) is 8.63. The zero-order chi connectivity index (χ0) is 11.5. The van der Waals surface area contributed by atoms with Crippen LogP contribution in [0, 0.1) is 12.9 Å². The molecule has 0 spiro atoms. The lowest BCUT2D eigenvalue weighted by Crippen LogP contribution is -1.98. The number of thiophene rings is 1. The summed E-state index contributed by atoms with van der Waals surface area (Å²) in [5, 5.41) is 3.19. The molecule has 0 aliphatic carbocycles. The highest BCUT2D eigenvalue weighted by molar-refractivity contribution is 9.11. The normalized spacial score (nSPS) is 10.4. The van der Waals surface area contributed by atoms with Crippen molar-refractivity contribution in [2.24, 2.45) is 0 Å². The highest BCUT2D eigenvalue weighted by Crippen LogP contribution is 2.27. The minimum atomic E-state index is -0.458. The van der Waals surface area contributed by atoms with Crippen molar-refractivity contribution in [2.75, 3.05) is 5.32 Å². The molecule has 16 heavy (non-hydrogen) atoms. The Morgan fingerprint density at radius 2 is 2.31 bits per heavy atom. The highest BCUT2D eigenvalue weighted by Gasteiger charge is 2.02. The Kier molecular flexibility index (Phi) is 3.56. The predicted octanol–water partition coefficient (Wildman–Crippen LogP) is 3.97. The first-order chi connectivity index (χ1) is 7.65. The van der Waals surface area contributed by atoms with Crippen LogP contribution in [0.2, 0.25) is 0 Å². The Hall–Kier alpha value is -0.940. The van der Waals surface area contributed by atoms with Gasteiger partial charge in [0.1, 0.15) is 0 Å². The van der Waals surface area contributed by atoms with Crippen LogP contribution >= 0.6 is 27.3 Å². The monoisotopic (exact) mass is 300 g/mol. The minimum absolute atomic E-state index is 0.458. The van der Waals surface area contributed by atoms with Crippen molar-refractivity contribution in [3.63, 3.8) is 0 Å². The molecular formula is C11H10BrFN2S. The van der Waals surface area contributed by atoms with Gasteiger partial charge in [0.05, 0.1) is 15.7 Å². The van der Waals surface area contributed by atoms with E-state index in [2.05, 4.69) is 39.2 Å². The van der Waals surface area contributed by atoms with Gasteiger partial charge in [0.15, 0.2) is 0 Å². The third-order valence-electron chi connectivity index (χ3n) is 2.10. The van der Waals surface area contributed by atoms with Crippen molar-refractivity contribution in [3.8, 4) is 0 Å². The average molecular weight is 301 g/mol. The van der Waals surface area contributed by atoms with Gasteiger partial charge in [-0.3, -0.25) is 0 Å². The van der Waals surface area contributed by atoms with Crippen molar-refractivity contribution in [1.82, 2.24) is 4.98 Å². The van der Waals surface area contributed by atoms with E-state index >= 15 is 0 Å². The maximum Gasteiger partial charge on any atom is 0.212 e. The molecule has 0 bridgehead atoms. The lowest BCUT2D eigenvalue weighted by molar-refractivity contribution is 0.584. The minimum Gasteiger partial charge on any atom is -0.379 e. The van der Waals surface area contributed by atoms with Crippen LogP contribution in [0.4, 0.5) is 10.1 Å². The number of halogens is 2. The molecule has 0 saturated heterocycles. The van der Waals surface area contributed by atoms with Crippen molar-refractivity contribution in [2.45, 2.75) is 13.5 Å². The largest absolute Gasteiger partial charge is 0.379 e. The summed E-state index contributed by atoms with van der Waals surface area (Å²) < 4.78 is 13.7. The van der Waals surface area contributed by atoms with Gasteiger partial charge in [-0.05, 0) is 46.6 Å². The van der Waals surface area contributed by atoms with Gasteiger partial charge < -0.3 is 5.32 Å². The molecule has 5 heteroatoms. The first kappa shape index (κ1) is 11.5. The summed E-state index contributed by atoms with van der Waals surface area (Å²) in [6, 6.07) is 5.15. The summed E-state index contributed by atoms with van der Waals surface area (Å²) in [4.78, 5) is 4.81. The Morgan fingerprint density at radius 3 is 2.88 bits per heavy atom. The van der Waals surface area contributed by atoms with E-state index in [1.54, 1.807) is 17.4 Å². The number of aromatic nitrogens is 1. The molecule has 0 radical (unpaired) electrons. The van der Waals surface area contributed by atoms with Crippen LogP contribution in [0.5, 0.6) is 0 Å². The topological polar surface area (TPSA) is 24.9 Å². The molecule has 0 unspecified atom stereocenters. The summed E-state index contributed by atoms with van der Waals surface area (Å²) in [5.41, 5.74) is 2.06. The molecule has 2 heterocycles. The molecule has 0 aliphatic heterocycles. The fourth-order valence-electron chi connectivity index (χ4n) is 1.28. The number of pyridine rings is 1. The summed E-state index contributed by atoms with van der Waals surface area (Å²) in [6.45, 7) is 2.79. The molecule has 0 amide bonds. The van der Waals surface area contributed by atoms with E-state index < -0.39 is 5.95 Å². The highest BCUT2D eigenvalue weighted by atomic mass is 79.9. The molecule has 1 N–H and O–H groups in total. The van der Waals surface area contributed by atoms with Crippen molar-refractivity contribution in [1.29, 1.82) is 0 Å². The van der Waals surface area contributed by atoms with Crippen molar-refractivity contribution < 1.29 is 4.39 Å². The molecule has 2 rings (SSSR count). The van der Waals surface area contributed by atoms with Gasteiger partial charge in [0, 0.05) is 11.4 Å². The lowest BCUT2D eigenvalue weighted by atomic mass is 10.3. The number of nitrogens with one attached hydrogen (secondary N) is 1. The molecule has 0 saturated carbocycles. The Balaban J connectivity index is 1.99. The van der Waals surface area contributed by atoms with Gasteiger partial charge in [-0.25, -0.2) is 4.98 Å².